The highest BCUT2D eigenvalue weighted by Gasteiger charge is 2.27. The van der Waals surface area contributed by atoms with Gasteiger partial charge >= 0.3 is 5.97 Å². The number of esters is 1. The highest BCUT2D eigenvalue weighted by atomic mass is 32.2. The van der Waals surface area contributed by atoms with Gasteiger partial charge in [0.2, 0.25) is 0 Å². The lowest BCUT2D eigenvalue weighted by molar-refractivity contribution is -0.384. The van der Waals surface area contributed by atoms with Gasteiger partial charge in [-0.2, -0.15) is 0 Å². The molecule has 0 saturated carbocycles. The molecule has 1 heterocycles. The second-order valence-corrected chi connectivity index (χ2v) is 5.65. The lowest BCUT2D eigenvalue weighted by atomic mass is 10.1. The fourth-order valence-corrected chi connectivity index (χ4v) is 3.25. The minimum Gasteiger partial charge on any atom is -0.462 e. The summed E-state index contributed by atoms with van der Waals surface area (Å²) in [7, 11) is 0. The maximum Gasteiger partial charge on any atom is 0.338 e. The van der Waals surface area contributed by atoms with Gasteiger partial charge in [0.25, 0.3) is 5.69 Å². The van der Waals surface area contributed by atoms with Gasteiger partial charge in [0.1, 0.15) is 5.69 Å². The van der Waals surface area contributed by atoms with Crippen LogP contribution in [0.2, 0.25) is 0 Å². The second-order valence-electron chi connectivity index (χ2n) is 4.57. The number of nitrogens with zero attached hydrogens (tertiary/aromatic N) is 1. The summed E-state index contributed by atoms with van der Waals surface area (Å²) < 4.78 is 4.93. The summed E-state index contributed by atoms with van der Waals surface area (Å²) >= 11 is 1.39. The molecule has 1 aliphatic heterocycles. The number of nitro benzene ring substituents is 1. The number of carbonyl (C=O) groups excluding carboxylic acids is 1. The third kappa shape index (κ3) is 2.50. The van der Waals surface area contributed by atoms with Crippen molar-refractivity contribution in [3.8, 4) is 0 Å². The molecule has 1 N–H and O–H groups in total. The summed E-state index contributed by atoms with van der Waals surface area (Å²) in [5, 5.41) is 14.4. The van der Waals surface area contributed by atoms with Crippen molar-refractivity contribution in [1.82, 2.24) is 0 Å². The molecule has 0 atom stereocenters. The van der Waals surface area contributed by atoms with E-state index in [-0.39, 0.29) is 17.9 Å². The van der Waals surface area contributed by atoms with Crippen LogP contribution >= 0.6 is 11.8 Å². The van der Waals surface area contributed by atoms with Crippen molar-refractivity contribution in [3.05, 3.63) is 52.1 Å². The van der Waals surface area contributed by atoms with E-state index in [9.17, 15) is 14.9 Å². The van der Waals surface area contributed by atoms with E-state index in [2.05, 4.69) is 5.32 Å². The van der Waals surface area contributed by atoms with Gasteiger partial charge in [-0.1, -0.05) is 23.9 Å². The Morgan fingerprint density at radius 1 is 1.32 bits per heavy atom. The molecule has 0 unspecified atom stereocenters. The predicted molar refractivity (Wildman–Crippen MR) is 82.9 cm³/mol. The van der Waals surface area contributed by atoms with Crippen LogP contribution in [0.3, 0.4) is 0 Å². The molecule has 2 aromatic rings. The molecule has 0 fully saturated rings. The first-order chi connectivity index (χ1) is 10.6. The number of anilines is 2. The molecule has 1 aliphatic rings. The number of nitro groups is 1. The van der Waals surface area contributed by atoms with E-state index in [4.69, 9.17) is 4.74 Å². The van der Waals surface area contributed by atoms with Gasteiger partial charge in [-0.25, -0.2) is 4.79 Å². The number of para-hydroxylation sites is 1. The topological polar surface area (TPSA) is 81.5 Å². The largest absolute Gasteiger partial charge is 0.462 e. The summed E-state index contributed by atoms with van der Waals surface area (Å²) in [5.41, 5.74) is 1.26. The van der Waals surface area contributed by atoms with Crippen LogP contribution in [0.5, 0.6) is 0 Å². The van der Waals surface area contributed by atoms with E-state index in [1.54, 1.807) is 13.0 Å². The molecule has 22 heavy (non-hydrogen) atoms. The zero-order valence-electron chi connectivity index (χ0n) is 11.7. The lowest BCUT2D eigenvalue weighted by Gasteiger charge is -2.20. The van der Waals surface area contributed by atoms with Crippen LogP contribution in [0.15, 0.2) is 46.2 Å². The number of rotatable bonds is 3. The molecule has 6 nitrogen and oxygen atoms in total. The van der Waals surface area contributed by atoms with Crippen LogP contribution in [-0.2, 0) is 4.74 Å². The number of nitrogens with one attached hydrogen (secondary N) is 1. The number of carbonyl (C=O) groups is 1. The maximum atomic E-state index is 11.9. The average molecular weight is 316 g/mol. The molecule has 7 heteroatoms. The monoisotopic (exact) mass is 316 g/mol. The highest BCUT2D eigenvalue weighted by Crippen LogP contribution is 2.48. The molecule has 2 aromatic carbocycles. The molecule has 0 radical (unpaired) electrons. The normalized spacial score (nSPS) is 11.9. The molecule has 0 aromatic heterocycles. The number of benzene rings is 2. The van der Waals surface area contributed by atoms with Crippen LogP contribution in [0.1, 0.15) is 17.3 Å². The lowest BCUT2D eigenvalue weighted by Crippen LogP contribution is -2.09. The minimum absolute atomic E-state index is 0.137. The first-order valence-corrected chi connectivity index (χ1v) is 7.45. The Morgan fingerprint density at radius 3 is 2.82 bits per heavy atom. The average Bonchev–Trinajstić information content (AvgIpc) is 2.51. The van der Waals surface area contributed by atoms with Gasteiger partial charge in [-0.15, -0.1) is 0 Å². The molecule has 0 saturated heterocycles. The van der Waals surface area contributed by atoms with Gasteiger partial charge in [0.05, 0.1) is 22.8 Å². The van der Waals surface area contributed by atoms with Gasteiger partial charge < -0.3 is 10.1 Å². The van der Waals surface area contributed by atoms with Crippen molar-refractivity contribution in [2.45, 2.75) is 16.7 Å². The Kier molecular flexibility index (Phi) is 3.72. The first kappa shape index (κ1) is 14.4. The first-order valence-electron chi connectivity index (χ1n) is 6.63. The Labute approximate surface area is 130 Å². The standard InChI is InChI=1S/C15H12N2O4S/c1-2-21-15(18)9-7-11(17(19)20)14-13(8-9)22-12-6-4-3-5-10(12)16-14/h3-8,16H,2H2,1H3. The maximum absolute atomic E-state index is 11.9. The Morgan fingerprint density at radius 2 is 2.09 bits per heavy atom. The van der Waals surface area contributed by atoms with Crippen molar-refractivity contribution in [3.63, 3.8) is 0 Å². The minimum atomic E-state index is -0.562. The fraction of sp³-hybridized carbons (Fsp3) is 0.133. The zero-order valence-corrected chi connectivity index (χ0v) is 12.5. The molecular weight excluding hydrogens is 304 g/mol. The number of hydrogen-bond donors (Lipinski definition) is 1. The molecular formula is C15H12N2O4S. The van der Waals surface area contributed by atoms with E-state index < -0.39 is 10.9 Å². The summed E-state index contributed by atoms with van der Waals surface area (Å²) in [5.74, 6) is -0.562. The van der Waals surface area contributed by atoms with Crippen LogP contribution < -0.4 is 5.32 Å². The van der Waals surface area contributed by atoms with Gasteiger partial charge in [-0.3, -0.25) is 10.1 Å². The smallest absolute Gasteiger partial charge is 0.338 e. The van der Waals surface area contributed by atoms with Crippen molar-refractivity contribution >= 4 is 34.8 Å². The van der Waals surface area contributed by atoms with E-state index in [0.717, 1.165) is 10.6 Å². The third-order valence-electron chi connectivity index (χ3n) is 3.16. The van der Waals surface area contributed by atoms with Gasteiger partial charge in [0.15, 0.2) is 0 Å². The Balaban J connectivity index is 2.11. The molecule has 0 aliphatic carbocycles. The number of fused-ring (bicyclic) bond motifs is 2. The summed E-state index contributed by atoms with van der Waals surface area (Å²) in [6, 6.07) is 10.4. The van der Waals surface area contributed by atoms with E-state index >= 15 is 0 Å². The van der Waals surface area contributed by atoms with Crippen LogP contribution in [-0.4, -0.2) is 17.5 Å². The summed E-state index contributed by atoms with van der Waals surface area (Å²) in [6.07, 6.45) is 0. The Bertz CT molecular complexity index is 776. The van der Waals surface area contributed by atoms with E-state index in [1.165, 1.54) is 17.8 Å². The highest BCUT2D eigenvalue weighted by molar-refractivity contribution is 7.99. The molecule has 0 spiro atoms. The van der Waals surface area contributed by atoms with Crippen molar-refractivity contribution in [1.29, 1.82) is 0 Å². The van der Waals surface area contributed by atoms with E-state index in [0.29, 0.717) is 10.6 Å². The van der Waals surface area contributed by atoms with Crippen molar-refractivity contribution in [2.75, 3.05) is 11.9 Å². The third-order valence-corrected chi connectivity index (χ3v) is 4.27. The summed E-state index contributed by atoms with van der Waals surface area (Å²) in [6.45, 7) is 1.91. The van der Waals surface area contributed by atoms with Crippen LogP contribution in [0.4, 0.5) is 17.1 Å². The Hall–Kier alpha value is -2.54. The predicted octanol–water partition coefficient (Wildman–Crippen LogP) is 3.98. The molecule has 3 rings (SSSR count). The molecule has 112 valence electrons. The van der Waals surface area contributed by atoms with Crippen LogP contribution in [0, 0.1) is 10.1 Å². The molecule has 0 bridgehead atoms. The van der Waals surface area contributed by atoms with Crippen LogP contribution in [0.25, 0.3) is 0 Å². The SMILES string of the molecule is CCOC(=O)c1cc2c(c([N+](=O)[O-])c1)Nc1ccccc1S2. The number of hydrogen-bond acceptors (Lipinski definition) is 6. The summed E-state index contributed by atoms with van der Waals surface area (Å²) in [4.78, 5) is 24.3. The second kappa shape index (κ2) is 5.69. The quantitative estimate of drug-likeness (QED) is 0.447. The van der Waals surface area contributed by atoms with Gasteiger partial charge in [-0.05, 0) is 25.1 Å². The van der Waals surface area contributed by atoms with Gasteiger partial charge in [0, 0.05) is 15.9 Å². The molecule has 0 amide bonds. The zero-order chi connectivity index (χ0) is 15.7. The van der Waals surface area contributed by atoms with E-state index in [1.807, 2.05) is 24.3 Å². The fourth-order valence-electron chi connectivity index (χ4n) is 2.20. The van der Waals surface area contributed by atoms with Crippen molar-refractivity contribution < 1.29 is 14.5 Å². The van der Waals surface area contributed by atoms with Crippen molar-refractivity contribution in [2.24, 2.45) is 0 Å². The number of ether oxygens (including phenoxy) is 1.